The van der Waals surface area contributed by atoms with Gasteiger partial charge in [-0.2, -0.15) is 0 Å². The number of ether oxygens (including phenoxy) is 1. The highest BCUT2D eigenvalue weighted by Gasteiger charge is 2.05. The van der Waals surface area contributed by atoms with Gasteiger partial charge in [-0.25, -0.2) is 4.39 Å². The van der Waals surface area contributed by atoms with E-state index in [1.807, 2.05) is 0 Å². The van der Waals surface area contributed by atoms with Crippen molar-refractivity contribution < 1.29 is 13.9 Å². The second-order valence-corrected chi connectivity index (χ2v) is 4.55. The van der Waals surface area contributed by atoms with Crippen LogP contribution in [-0.4, -0.2) is 12.5 Å². The molecule has 5 heteroatoms. The first-order valence-electron chi connectivity index (χ1n) is 6.03. The van der Waals surface area contributed by atoms with E-state index in [0.717, 1.165) is 0 Å². The average Bonchev–Trinajstić information content (AvgIpc) is 2.44. The third-order valence-electron chi connectivity index (χ3n) is 2.60. The van der Waals surface area contributed by atoms with Gasteiger partial charge in [-0.05, 0) is 24.3 Å². The molecule has 0 saturated carbocycles. The van der Waals surface area contributed by atoms with Crippen LogP contribution in [0, 0.1) is 5.82 Å². The molecule has 2 aromatic rings. The van der Waals surface area contributed by atoms with E-state index in [9.17, 15) is 9.18 Å². The van der Waals surface area contributed by atoms with Crippen LogP contribution in [0.5, 0.6) is 5.75 Å². The predicted molar refractivity (Wildman–Crippen MR) is 75.2 cm³/mol. The van der Waals surface area contributed by atoms with Crippen molar-refractivity contribution in [2.75, 3.05) is 6.61 Å². The van der Waals surface area contributed by atoms with Crippen molar-refractivity contribution in [3.05, 3.63) is 64.9 Å². The average molecular weight is 294 g/mol. The molecule has 0 spiro atoms. The van der Waals surface area contributed by atoms with E-state index in [4.69, 9.17) is 16.3 Å². The minimum absolute atomic E-state index is 0.129. The van der Waals surface area contributed by atoms with E-state index < -0.39 is 0 Å². The summed E-state index contributed by atoms with van der Waals surface area (Å²) in [6.45, 7) is -0.0147. The second-order valence-electron chi connectivity index (χ2n) is 4.11. The standard InChI is InChI=1S/C15H13ClFNO2/c16-12-5-3-6-13(8-12)20-10-15(19)18-9-11-4-1-2-7-14(11)17/h1-8H,9-10H2,(H,18,19). The number of amides is 1. The van der Waals surface area contributed by atoms with Crippen LogP contribution in [0.2, 0.25) is 5.02 Å². The molecule has 20 heavy (non-hydrogen) atoms. The summed E-state index contributed by atoms with van der Waals surface area (Å²) in [5.41, 5.74) is 0.434. The summed E-state index contributed by atoms with van der Waals surface area (Å²) >= 11 is 5.80. The van der Waals surface area contributed by atoms with Crippen molar-refractivity contribution >= 4 is 17.5 Å². The molecule has 0 bridgehead atoms. The maximum absolute atomic E-state index is 13.3. The molecule has 2 rings (SSSR count). The fourth-order valence-corrected chi connectivity index (χ4v) is 1.77. The summed E-state index contributed by atoms with van der Waals surface area (Å²) in [5, 5.41) is 3.12. The van der Waals surface area contributed by atoms with Gasteiger partial charge in [0.1, 0.15) is 11.6 Å². The van der Waals surface area contributed by atoms with Crippen LogP contribution in [0.25, 0.3) is 0 Å². The number of benzene rings is 2. The summed E-state index contributed by atoms with van der Waals surface area (Å²) in [5.74, 6) is -0.157. The summed E-state index contributed by atoms with van der Waals surface area (Å²) in [7, 11) is 0. The Morgan fingerprint density at radius 1 is 1.20 bits per heavy atom. The topological polar surface area (TPSA) is 38.3 Å². The summed E-state index contributed by atoms with van der Waals surface area (Å²) in [4.78, 5) is 11.6. The Hall–Kier alpha value is -2.07. The molecular weight excluding hydrogens is 281 g/mol. The summed E-state index contributed by atoms with van der Waals surface area (Å²) in [6, 6.07) is 13.1. The van der Waals surface area contributed by atoms with E-state index in [1.165, 1.54) is 6.07 Å². The Kier molecular flexibility index (Phi) is 4.96. The van der Waals surface area contributed by atoms with Gasteiger partial charge >= 0.3 is 0 Å². The van der Waals surface area contributed by atoms with Gasteiger partial charge in [0, 0.05) is 17.1 Å². The Labute approximate surface area is 121 Å². The van der Waals surface area contributed by atoms with Gasteiger partial charge in [-0.15, -0.1) is 0 Å². The third kappa shape index (κ3) is 4.24. The molecule has 0 heterocycles. The minimum atomic E-state index is -0.344. The first-order chi connectivity index (χ1) is 9.65. The van der Waals surface area contributed by atoms with E-state index in [-0.39, 0.29) is 24.9 Å². The van der Waals surface area contributed by atoms with Gasteiger partial charge in [0.15, 0.2) is 6.61 Å². The minimum Gasteiger partial charge on any atom is -0.484 e. The zero-order valence-corrected chi connectivity index (χ0v) is 11.4. The lowest BCUT2D eigenvalue weighted by Crippen LogP contribution is -2.28. The number of nitrogens with one attached hydrogen (secondary N) is 1. The van der Waals surface area contributed by atoms with Crippen LogP contribution in [-0.2, 0) is 11.3 Å². The second kappa shape index (κ2) is 6.91. The van der Waals surface area contributed by atoms with Crippen LogP contribution in [0.1, 0.15) is 5.56 Å². The van der Waals surface area contributed by atoms with Gasteiger partial charge < -0.3 is 10.1 Å². The monoisotopic (exact) mass is 293 g/mol. The SMILES string of the molecule is O=C(COc1cccc(Cl)c1)NCc1ccccc1F. The first-order valence-corrected chi connectivity index (χ1v) is 6.41. The van der Waals surface area contributed by atoms with Crippen LogP contribution in [0.4, 0.5) is 4.39 Å². The summed E-state index contributed by atoms with van der Waals surface area (Å²) < 4.78 is 18.6. The number of carbonyl (C=O) groups is 1. The normalized spacial score (nSPS) is 10.1. The molecule has 0 aliphatic carbocycles. The fraction of sp³-hybridized carbons (Fsp3) is 0.133. The number of carbonyl (C=O) groups excluding carboxylic acids is 1. The lowest BCUT2D eigenvalue weighted by molar-refractivity contribution is -0.123. The molecule has 0 radical (unpaired) electrons. The number of rotatable bonds is 5. The molecule has 1 amide bonds. The van der Waals surface area contributed by atoms with Crippen molar-refractivity contribution in [1.82, 2.24) is 5.32 Å². The molecule has 0 aliphatic heterocycles. The Morgan fingerprint density at radius 2 is 2.00 bits per heavy atom. The molecule has 1 N–H and O–H groups in total. The maximum Gasteiger partial charge on any atom is 0.258 e. The molecule has 0 aliphatic rings. The molecule has 3 nitrogen and oxygen atoms in total. The fourth-order valence-electron chi connectivity index (χ4n) is 1.59. The molecular formula is C15H13ClFNO2. The lowest BCUT2D eigenvalue weighted by atomic mass is 10.2. The molecule has 0 aromatic heterocycles. The van der Waals surface area contributed by atoms with E-state index in [2.05, 4.69) is 5.32 Å². The summed E-state index contributed by atoms with van der Waals surface area (Å²) in [6.07, 6.45) is 0. The molecule has 104 valence electrons. The van der Waals surface area contributed by atoms with Crippen molar-refractivity contribution in [2.45, 2.75) is 6.54 Å². The molecule has 0 fully saturated rings. The highest BCUT2D eigenvalue weighted by atomic mass is 35.5. The van der Waals surface area contributed by atoms with Gasteiger partial charge in [-0.3, -0.25) is 4.79 Å². The zero-order chi connectivity index (χ0) is 14.4. The predicted octanol–water partition coefficient (Wildman–Crippen LogP) is 3.17. The number of hydrogen-bond donors (Lipinski definition) is 1. The largest absolute Gasteiger partial charge is 0.484 e. The Bertz CT molecular complexity index is 604. The zero-order valence-electron chi connectivity index (χ0n) is 10.6. The van der Waals surface area contributed by atoms with E-state index >= 15 is 0 Å². The molecule has 2 aromatic carbocycles. The maximum atomic E-state index is 13.3. The molecule has 0 atom stereocenters. The van der Waals surface area contributed by atoms with Crippen LogP contribution in [0.3, 0.4) is 0 Å². The van der Waals surface area contributed by atoms with Gasteiger partial charge in [0.25, 0.3) is 5.91 Å². The van der Waals surface area contributed by atoms with Gasteiger partial charge in [-0.1, -0.05) is 35.9 Å². The van der Waals surface area contributed by atoms with Gasteiger partial charge in [0.05, 0.1) is 0 Å². The van der Waals surface area contributed by atoms with Gasteiger partial charge in [0.2, 0.25) is 0 Å². The van der Waals surface area contributed by atoms with Crippen molar-refractivity contribution in [2.24, 2.45) is 0 Å². The Balaban J connectivity index is 1.80. The molecule has 0 unspecified atom stereocenters. The first kappa shape index (κ1) is 14.3. The number of hydrogen-bond acceptors (Lipinski definition) is 2. The quantitative estimate of drug-likeness (QED) is 0.919. The van der Waals surface area contributed by atoms with Crippen molar-refractivity contribution in [3.63, 3.8) is 0 Å². The van der Waals surface area contributed by atoms with Crippen molar-refractivity contribution in [3.8, 4) is 5.75 Å². The third-order valence-corrected chi connectivity index (χ3v) is 2.83. The number of halogens is 2. The van der Waals surface area contributed by atoms with Crippen LogP contribution in [0.15, 0.2) is 48.5 Å². The molecule has 0 saturated heterocycles. The van der Waals surface area contributed by atoms with Crippen LogP contribution < -0.4 is 10.1 Å². The lowest BCUT2D eigenvalue weighted by Gasteiger charge is -2.08. The van der Waals surface area contributed by atoms with Crippen LogP contribution >= 0.6 is 11.6 Å². The van der Waals surface area contributed by atoms with E-state index in [1.54, 1.807) is 42.5 Å². The van der Waals surface area contributed by atoms with E-state index in [0.29, 0.717) is 16.3 Å². The smallest absolute Gasteiger partial charge is 0.258 e. The highest BCUT2D eigenvalue weighted by molar-refractivity contribution is 6.30. The van der Waals surface area contributed by atoms with Crippen molar-refractivity contribution in [1.29, 1.82) is 0 Å². The highest BCUT2D eigenvalue weighted by Crippen LogP contribution is 2.16. The Morgan fingerprint density at radius 3 is 2.75 bits per heavy atom.